The van der Waals surface area contributed by atoms with Gasteiger partial charge in [-0.3, -0.25) is 4.90 Å². The van der Waals surface area contributed by atoms with Crippen LogP contribution in [-0.2, 0) is 4.74 Å². The topological polar surface area (TPSA) is 29.5 Å². The molecule has 1 aliphatic carbocycles. The van der Waals surface area contributed by atoms with Gasteiger partial charge in [-0.2, -0.15) is 0 Å². The Morgan fingerprint density at radius 3 is 2.55 bits per heavy atom. The standard InChI is InChI=1S/C19H31NO2/c1-19(2,3)22-18(21)20-16-9-10-17(20)13-15(12-16)11-14-7-5-4-6-8-14/h12,14,16-17H,4-11,13H2,1-3H3. The molecule has 3 nitrogen and oxygen atoms in total. The predicted molar refractivity (Wildman–Crippen MR) is 88.8 cm³/mol. The molecule has 3 aliphatic rings. The van der Waals surface area contributed by atoms with Crippen LogP contribution >= 0.6 is 0 Å². The van der Waals surface area contributed by atoms with Crippen LogP contribution in [0.5, 0.6) is 0 Å². The van der Waals surface area contributed by atoms with E-state index >= 15 is 0 Å². The molecule has 0 aromatic rings. The monoisotopic (exact) mass is 305 g/mol. The summed E-state index contributed by atoms with van der Waals surface area (Å²) in [5.74, 6) is 0.896. The van der Waals surface area contributed by atoms with Gasteiger partial charge in [0.05, 0.1) is 6.04 Å². The summed E-state index contributed by atoms with van der Waals surface area (Å²) in [6.07, 6.45) is 13.9. The Bertz CT molecular complexity index is 443. The maximum atomic E-state index is 12.4. The van der Waals surface area contributed by atoms with Gasteiger partial charge >= 0.3 is 6.09 Å². The Kier molecular flexibility index (Phi) is 4.52. The number of hydrogen-bond donors (Lipinski definition) is 0. The largest absolute Gasteiger partial charge is 0.444 e. The van der Waals surface area contributed by atoms with Crippen molar-refractivity contribution in [1.29, 1.82) is 0 Å². The molecule has 3 rings (SSSR count). The summed E-state index contributed by atoms with van der Waals surface area (Å²) in [6.45, 7) is 5.84. The van der Waals surface area contributed by atoms with E-state index in [1.165, 1.54) is 38.5 Å². The number of carbonyl (C=O) groups is 1. The van der Waals surface area contributed by atoms with Gasteiger partial charge in [0.15, 0.2) is 0 Å². The Morgan fingerprint density at radius 2 is 1.91 bits per heavy atom. The summed E-state index contributed by atoms with van der Waals surface area (Å²) in [6, 6.07) is 0.663. The summed E-state index contributed by atoms with van der Waals surface area (Å²) in [5.41, 5.74) is 1.21. The van der Waals surface area contributed by atoms with Crippen molar-refractivity contribution in [3.8, 4) is 0 Å². The molecule has 0 aromatic carbocycles. The highest BCUT2D eigenvalue weighted by molar-refractivity contribution is 5.70. The fourth-order valence-electron chi connectivity index (χ4n) is 4.43. The van der Waals surface area contributed by atoms with E-state index in [2.05, 4.69) is 6.08 Å². The third-order valence-electron chi connectivity index (χ3n) is 5.35. The molecule has 0 spiro atoms. The van der Waals surface area contributed by atoms with Gasteiger partial charge in [-0.25, -0.2) is 4.79 Å². The van der Waals surface area contributed by atoms with Crippen molar-refractivity contribution >= 4 is 6.09 Å². The van der Waals surface area contributed by atoms with Crippen molar-refractivity contribution in [3.05, 3.63) is 11.6 Å². The van der Waals surface area contributed by atoms with E-state index in [1.54, 1.807) is 5.57 Å². The van der Waals surface area contributed by atoms with Crippen molar-refractivity contribution < 1.29 is 9.53 Å². The summed E-state index contributed by atoms with van der Waals surface area (Å²) < 4.78 is 5.60. The van der Waals surface area contributed by atoms with E-state index in [0.717, 1.165) is 25.2 Å². The molecule has 0 N–H and O–H groups in total. The first kappa shape index (κ1) is 15.9. The van der Waals surface area contributed by atoms with Crippen molar-refractivity contribution in [3.63, 3.8) is 0 Å². The van der Waals surface area contributed by atoms with Crippen LogP contribution in [0.1, 0.15) is 78.6 Å². The molecule has 2 fully saturated rings. The van der Waals surface area contributed by atoms with E-state index < -0.39 is 5.60 Å². The minimum atomic E-state index is -0.400. The first-order chi connectivity index (χ1) is 10.4. The smallest absolute Gasteiger partial charge is 0.411 e. The Morgan fingerprint density at radius 1 is 1.18 bits per heavy atom. The van der Waals surface area contributed by atoms with Gasteiger partial charge in [0.1, 0.15) is 5.60 Å². The molecule has 1 amide bonds. The second-order valence-electron chi connectivity index (χ2n) is 8.42. The fourth-order valence-corrected chi connectivity index (χ4v) is 4.43. The number of carbonyl (C=O) groups excluding carboxylic acids is 1. The second-order valence-corrected chi connectivity index (χ2v) is 8.42. The van der Waals surface area contributed by atoms with Crippen LogP contribution in [-0.4, -0.2) is 28.7 Å². The normalized spacial score (nSPS) is 29.4. The molecule has 2 unspecified atom stereocenters. The minimum Gasteiger partial charge on any atom is -0.444 e. The average Bonchev–Trinajstić information content (AvgIpc) is 2.70. The van der Waals surface area contributed by atoms with Gasteiger partial charge in [0, 0.05) is 6.04 Å². The molecule has 2 aliphatic heterocycles. The van der Waals surface area contributed by atoms with Crippen molar-refractivity contribution in [1.82, 2.24) is 4.90 Å². The molecule has 3 heteroatoms. The van der Waals surface area contributed by atoms with Gasteiger partial charge < -0.3 is 4.74 Å². The van der Waals surface area contributed by atoms with E-state index in [-0.39, 0.29) is 12.1 Å². The zero-order valence-electron chi connectivity index (χ0n) is 14.4. The van der Waals surface area contributed by atoms with Gasteiger partial charge in [0.25, 0.3) is 0 Å². The zero-order chi connectivity index (χ0) is 15.7. The summed E-state index contributed by atoms with van der Waals surface area (Å²) >= 11 is 0. The zero-order valence-corrected chi connectivity index (χ0v) is 14.4. The lowest BCUT2D eigenvalue weighted by Crippen LogP contribution is -2.45. The van der Waals surface area contributed by atoms with Crippen molar-refractivity contribution in [2.75, 3.05) is 0 Å². The van der Waals surface area contributed by atoms with E-state index in [9.17, 15) is 4.79 Å². The minimum absolute atomic E-state index is 0.118. The number of amides is 1. The highest BCUT2D eigenvalue weighted by Crippen LogP contribution is 2.39. The lowest BCUT2D eigenvalue weighted by atomic mass is 9.82. The van der Waals surface area contributed by atoms with Crippen LogP contribution in [0.3, 0.4) is 0 Å². The quantitative estimate of drug-likeness (QED) is 0.668. The first-order valence-corrected chi connectivity index (χ1v) is 9.13. The molecular formula is C19H31NO2. The highest BCUT2D eigenvalue weighted by Gasteiger charge is 2.41. The number of rotatable bonds is 2. The molecular weight excluding hydrogens is 274 g/mol. The number of hydrogen-bond acceptors (Lipinski definition) is 2. The molecule has 22 heavy (non-hydrogen) atoms. The van der Waals surface area contributed by atoms with Crippen LogP contribution in [0, 0.1) is 5.92 Å². The molecule has 2 atom stereocenters. The lowest BCUT2D eigenvalue weighted by molar-refractivity contribution is 0.0165. The molecule has 0 radical (unpaired) electrons. The van der Waals surface area contributed by atoms with E-state index in [1.807, 2.05) is 25.7 Å². The van der Waals surface area contributed by atoms with Gasteiger partial charge in [-0.1, -0.05) is 43.8 Å². The van der Waals surface area contributed by atoms with Gasteiger partial charge in [-0.15, -0.1) is 0 Å². The van der Waals surface area contributed by atoms with Gasteiger partial charge in [-0.05, 0) is 52.4 Å². The third-order valence-corrected chi connectivity index (χ3v) is 5.35. The summed E-state index contributed by atoms with van der Waals surface area (Å²) in [4.78, 5) is 14.5. The van der Waals surface area contributed by atoms with Crippen LogP contribution in [0.2, 0.25) is 0 Å². The fraction of sp³-hybridized carbons (Fsp3) is 0.842. The Labute approximate surface area is 135 Å². The van der Waals surface area contributed by atoms with Crippen molar-refractivity contribution in [2.24, 2.45) is 5.92 Å². The Hall–Kier alpha value is -0.990. The molecule has 2 bridgehead atoms. The Balaban J connectivity index is 1.62. The second kappa shape index (κ2) is 6.25. The number of nitrogens with zero attached hydrogens (tertiary/aromatic N) is 1. The maximum absolute atomic E-state index is 12.4. The first-order valence-electron chi connectivity index (χ1n) is 9.13. The molecule has 2 heterocycles. The molecule has 124 valence electrons. The summed E-state index contributed by atoms with van der Waals surface area (Å²) in [7, 11) is 0. The third kappa shape index (κ3) is 3.67. The highest BCUT2D eigenvalue weighted by atomic mass is 16.6. The van der Waals surface area contributed by atoms with Crippen LogP contribution < -0.4 is 0 Å². The van der Waals surface area contributed by atoms with Crippen LogP contribution in [0.4, 0.5) is 4.79 Å². The number of fused-ring (bicyclic) bond motifs is 2. The van der Waals surface area contributed by atoms with E-state index in [4.69, 9.17) is 4.74 Å². The average molecular weight is 305 g/mol. The van der Waals surface area contributed by atoms with Crippen LogP contribution in [0.15, 0.2) is 11.6 Å². The molecule has 1 saturated carbocycles. The van der Waals surface area contributed by atoms with Crippen molar-refractivity contribution in [2.45, 2.75) is 96.2 Å². The van der Waals surface area contributed by atoms with E-state index in [0.29, 0.717) is 6.04 Å². The van der Waals surface area contributed by atoms with Gasteiger partial charge in [0.2, 0.25) is 0 Å². The number of ether oxygens (including phenoxy) is 1. The maximum Gasteiger partial charge on any atom is 0.411 e. The lowest BCUT2D eigenvalue weighted by Gasteiger charge is -2.36. The summed E-state index contributed by atoms with van der Waals surface area (Å²) in [5, 5.41) is 0. The predicted octanol–water partition coefficient (Wildman–Crippen LogP) is 5.06. The SMILES string of the molecule is CC(C)(C)OC(=O)N1C2C=C(CC3CCCCC3)CC1CC2. The molecule has 0 aromatic heterocycles. The van der Waals surface area contributed by atoms with Crippen LogP contribution in [0.25, 0.3) is 0 Å². The molecule has 1 saturated heterocycles.